The summed E-state index contributed by atoms with van der Waals surface area (Å²) in [5.74, 6) is -2.91. The predicted octanol–water partition coefficient (Wildman–Crippen LogP) is 1.07. The predicted molar refractivity (Wildman–Crippen MR) is 76.4 cm³/mol. The van der Waals surface area contributed by atoms with Gasteiger partial charge in [0.1, 0.15) is 0 Å². The molecule has 5 nitrogen and oxygen atoms in total. The van der Waals surface area contributed by atoms with E-state index in [0.29, 0.717) is 10.5 Å². The number of fused-ring (bicyclic) bond motifs is 1. The Hall–Kier alpha value is -3.21. The second-order valence-corrected chi connectivity index (χ2v) is 4.72. The highest BCUT2D eigenvalue weighted by molar-refractivity contribution is 6.25. The lowest BCUT2D eigenvalue weighted by molar-refractivity contribution is -0.300. The van der Waals surface area contributed by atoms with Crippen LogP contribution in [0.4, 0.5) is 0 Å². The van der Waals surface area contributed by atoms with E-state index in [1.165, 1.54) is 18.2 Å². The Bertz CT molecular complexity index is 773. The Morgan fingerprint density at radius 2 is 1.36 bits per heavy atom. The fourth-order valence-corrected chi connectivity index (χ4v) is 2.33. The zero-order chi connectivity index (χ0) is 15.7. The van der Waals surface area contributed by atoms with Crippen LogP contribution >= 0.6 is 0 Å². The van der Waals surface area contributed by atoms with Crippen molar-refractivity contribution in [3.05, 3.63) is 77.0 Å². The molecular formula is C17H10NO4-. The van der Waals surface area contributed by atoms with Crippen LogP contribution in [0.2, 0.25) is 0 Å². The van der Waals surface area contributed by atoms with E-state index >= 15 is 0 Å². The Morgan fingerprint density at radius 1 is 0.864 bits per heavy atom. The highest BCUT2D eigenvalue weighted by atomic mass is 16.4. The van der Waals surface area contributed by atoms with Crippen molar-refractivity contribution in [1.82, 2.24) is 4.90 Å². The maximum atomic E-state index is 12.3. The molecule has 0 aromatic heterocycles. The first kappa shape index (κ1) is 13.8. The van der Waals surface area contributed by atoms with E-state index in [1.807, 2.05) is 0 Å². The Balaban J connectivity index is 2.09. The lowest BCUT2D eigenvalue weighted by Crippen LogP contribution is -2.39. The van der Waals surface area contributed by atoms with Crippen LogP contribution in [0.25, 0.3) is 6.08 Å². The summed E-state index contributed by atoms with van der Waals surface area (Å²) in [6.07, 6.45) is 1.25. The minimum absolute atomic E-state index is 0.188. The molecule has 0 N–H and O–H groups in total. The molecule has 0 aliphatic carbocycles. The second kappa shape index (κ2) is 5.29. The quantitative estimate of drug-likeness (QED) is 0.626. The van der Waals surface area contributed by atoms with E-state index in [-0.39, 0.29) is 11.1 Å². The number of nitrogens with zero attached hydrogens (tertiary/aromatic N) is 1. The molecule has 0 radical (unpaired) electrons. The first-order valence-corrected chi connectivity index (χ1v) is 6.55. The van der Waals surface area contributed by atoms with Gasteiger partial charge in [-0.2, -0.15) is 0 Å². The minimum Gasteiger partial charge on any atom is -0.543 e. The molecule has 22 heavy (non-hydrogen) atoms. The van der Waals surface area contributed by atoms with E-state index in [0.717, 1.165) is 0 Å². The number of hydrogen-bond acceptors (Lipinski definition) is 4. The zero-order valence-electron chi connectivity index (χ0n) is 11.4. The van der Waals surface area contributed by atoms with Crippen LogP contribution in [0.3, 0.4) is 0 Å². The van der Waals surface area contributed by atoms with Crippen LogP contribution in [0.15, 0.2) is 60.3 Å². The van der Waals surface area contributed by atoms with Gasteiger partial charge in [0.2, 0.25) is 0 Å². The molecule has 3 rings (SSSR count). The van der Waals surface area contributed by atoms with Gasteiger partial charge in [0, 0.05) is 0 Å². The summed E-state index contributed by atoms with van der Waals surface area (Å²) >= 11 is 0. The maximum Gasteiger partial charge on any atom is 0.266 e. The van der Waals surface area contributed by atoms with E-state index in [2.05, 4.69) is 0 Å². The van der Waals surface area contributed by atoms with Crippen molar-refractivity contribution >= 4 is 23.9 Å². The van der Waals surface area contributed by atoms with Crippen molar-refractivity contribution in [3.8, 4) is 0 Å². The molecule has 0 spiro atoms. The van der Waals surface area contributed by atoms with Crippen molar-refractivity contribution in [2.75, 3.05) is 0 Å². The van der Waals surface area contributed by atoms with E-state index in [4.69, 9.17) is 0 Å². The van der Waals surface area contributed by atoms with Crippen LogP contribution < -0.4 is 5.11 Å². The summed E-state index contributed by atoms with van der Waals surface area (Å²) < 4.78 is 0. The van der Waals surface area contributed by atoms with Crippen molar-refractivity contribution in [1.29, 1.82) is 0 Å². The third-order valence-corrected chi connectivity index (χ3v) is 3.35. The number of carboxylic acids is 1. The first-order chi connectivity index (χ1) is 10.6. The molecule has 108 valence electrons. The highest BCUT2D eigenvalue weighted by Gasteiger charge is 2.37. The maximum absolute atomic E-state index is 12.3. The number of imide groups is 1. The molecular weight excluding hydrogens is 282 g/mol. The molecule has 0 unspecified atom stereocenters. The third kappa shape index (κ3) is 2.18. The number of carbonyl (C=O) groups excluding carboxylic acids is 3. The number of rotatable bonds is 3. The lowest BCUT2D eigenvalue weighted by atomic mass is 10.1. The molecule has 5 heteroatoms. The van der Waals surface area contributed by atoms with Crippen molar-refractivity contribution in [2.24, 2.45) is 0 Å². The zero-order valence-corrected chi connectivity index (χ0v) is 11.4. The molecule has 1 heterocycles. The molecule has 0 atom stereocenters. The number of hydrogen-bond donors (Lipinski definition) is 0. The number of carboxylic acid groups (broad SMARTS) is 1. The number of amides is 2. The molecule has 0 saturated heterocycles. The van der Waals surface area contributed by atoms with Gasteiger partial charge in [0.25, 0.3) is 11.8 Å². The van der Waals surface area contributed by atoms with Crippen LogP contribution in [-0.4, -0.2) is 22.7 Å². The molecule has 2 aromatic rings. The van der Waals surface area contributed by atoms with Crippen LogP contribution in [0, 0.1) is 0 Å². The van der Waals surface area contributed by atoms with Gasteiger partial charge < -0.3 is 9.90 Å². The summed E-state index contributed by atoms with van der Waals surface area (Å²) in [7, 11) is 0. The fourth-order valence-electron chi connectivity index (χ4n) is 2.33. The average Bonchev–Trinajstić information content (AvgIpc) is 2.78. The van der Waals surface area contributed by atoms with Gasteiger partial charge in [-0.05, 0) is 23.8 Å². The summed E-state index contributed by atoms with van der Waals surface area (Å²) in [6.45, 7) is 0. The number of benzene rings is 2. The highest BCUT2D eigenvalue weighted by Crippen LogP contribution is 2.26. The molecule has 1 aliphatic heterocycles. The van der Waals surface area contributed by atoms with Gasteiger partial charge >= 0.3 is 0 Å². The molecule has 0 bridgehead atoms. The summed E-state index contributed by atoms with van der Waals surface area (Å²) in [5, 5.41) is 11.4. The monoisotopic (exact) mass is 292 g/mol. The van der Waals surface area contributed by atoms with E-state index in [1.54, 1.807) is 42.5 Å². The molecule has 0 saturated carbocycles. The second-order valence-electron chi connectivity index (χ2n) is 4.72. The fraction of sp³-hybridized carbons (Fsp3) is 0. The molecule has 1 aliphatic rings. The summed E-state index contributed by atoms with van der Waals surface area (Å²) in [5.41, 5.74) is 0.455. The lowest BCUT2D eigenvalue weighted by Gasteiger charge is -2.19. The summed E-state index contributed by atoms with van der Waals surface area (Å²) in [6, 6.07) is 14.8. The number of carbonyl (C=O) groups is 3. The average molecular weight is 292 g/mol. The first-order valence-electron chi connectivity index (χ1n) is 6.55. The van der Waals surface area contributed by atoms with Crippen molar-refractivity contribution in [2.45, 2.75) is 0 Å². The SMILES string of the molecule is O=C([O-])/C(=C\c1ccccc1)N1C(=O)c2ccccc2C1=O. The topological polar surface area (TPSA) is 77.5 Å². The number of aliphatic carboxylic acids is 1. The Kier molecular flexibility index (Phi) is 3.31. The summed E-state index contributed by atoms with van der Waals surface area (Å²) in [4.78, 5) is 36.7. The van der Waals surface area contributed by atoms with Crippen LogP contribution in [-0.2, 0) is 4.79 Å². The Morgan fingerprint density at radius 3 is 1.86 bits per heavy atom. The molecule has 0 fully saturated rings. The van der Waals surface area contributed by atoms with Crippen LogP contribution in [0.5, 0.6) is 0 Å². The molecule has 2 amide bonds. The molecule has 2 aromatic carbocycles. The smallest absolute Gasteiger partial charge is 0.266 e. The van der Waals surface area contributed by atoms with Crippen molar-refractivity contribution in [3.63, 3.8) is 0 Å². The van der Waals surface area contributed by atoms with Gasteiger partial charge in [0.05, 0.1) is 22.8 Å². The standard InChI is InChI=1S/C17H11NO4/c19-15-12-8-4-5-9-13(12)16(20)18(15)14(17(21)22)10-11-6-2-1-3-7-11/h1-10H,(H,21,22)/p-1/b14-10+. The van der Waals surface area contributed by atoms with E-state index in [9.17, 15) is 19.5 Å². The largest absolute Gasteiger partial charge is 0.543 e. The van der Waals surface area contributed by atoms with Crippen LogP contribution in [0.1, 0.15) is 26.3 Å². The van der Waals surface area contributed by atoms with Gasteiger partial charge in [0.15, 0.2) is 0 Å². The van der Waals surface area contributed by atoms with Gasteiger partial charge in [-0.15, -0.1) is 0 Å². The minimum atomic E-state index is -1.58. The third-order valence-electron chi connectivity index (χ3n) is 3.35. The Labute approximate surface area is 126 Å². The van der Waals surface area contributed by atoms with E-state index < -0.39 is 23.5 Å². The van der Waals surface area contributed by atoms with Crippen molar-refractivity contribution < 1.29 is 19.5 Å². The van der Waals surface area contributed by atoms with Gasteiger partial charge in [-0.1, -0.05) is 42.5 Å². The normalized spacial score (nSPS) is 14.2. The van der Waals surface area contributed by atoms with Gasteiger partial charge in [-0.3, -0.25) is 9.59 Å². The van der Waals surface area contributed by atoms with Gasteiger partial charge in [-0.25, -0.2) is 4.90 Å².